The van der Waals surface area contributed by atoms with Crippen LogP contribution >= 0.6 is 0 Å². The van der Waals surface area contributed by atoms with Crippen LogP contribution in [0.1, 0.15) is 24.2 Å². The van der Waals surface area contributed by atoms with E-state index in [0.29, 0.717) is 13.1 Å². The van der Waals surface area contributed by atoms with Crippen LogP contribution in [-0.4, -0.2) is 71.9 Å². The Kier molecular flexibility index (Phi) is 7.08. The van der Waals surface area contributed by atoms with Crippen LogP contribution in [0.15, 0.2) is 18.2 Å². The highest BCUT2D eigenvalue weighted by atomic mass is 16.6. The highest BCUT2D eigenvalue weighted by molar-refractivity contribution is 5.97. The first-order chi connectivity index (χ1) is 12.8. The molecule has 0 radical (unpaired) electrons. The average molecular weight is 381 g/mol. The maximum atomic E-state index is 12.4. The molecular weight excluding hydrogens is 358 g/mol. The van der Waals surface area contributed by atoms with Gasteiger partial charge in [-0.25, -0.2) is 4.79 Å². The van der Waals surface area contributed by atoms with Gasteiger partial charge in [0.05, 0.1) is 29.3 Å². The summed E-state index contributed by atoms with van der Waals surface area (Å²) >= 11 is 0. The summed E-state index contributed by atoms with van der Waals surface area (Å²) < 4.78 is 10.6. The van der Waals surface area contributed by atoms with E-state index in [4.69, 9.17) is 14.6 Å². The normalized spacial score (nSPS) is 19.4. The molecule has 2 rings (SSSR count). The molecule has 1 saturated heterocycles. The van der Waals surface area contributed by atoms with E-state index in [1.165, 1.54) is 12.1 Å². The monoisotopic (exact) mass is 381 g/mol. The van der Waals surface area contributed by atoms with Gasteiger partial charge < -0.3 is 24.8 Å². The van der Waals surface area contributed by atoms with E-state index in [1.54, 1.807) is 4.90 Å². The van der Waals surface area contributed by atoms with Gasteiger partial charge >= 0.3 is 5.97 Å². The van der Waals surface area contributed by atoms with Crippen molar-refractivity contribution >= 4 is 23.3 Å². The van der Waals surface area contributed by atoms with Gasteiger partial charge in [-0.1, -0.05) is 0 Å². The molecular formula is C17H23N3O7. The van der Waals surface area contributed by atoms with Crippen molar-refractivity contribution in [3.63, 3.8) is 0 Å². The summed E-state index contributed by atoms with van der Waals surface area (Å²) in [5.41, 5.74) is -0.0754. The van der Waals surface area contributed by atoms with Crippen molar-refractivity contribution in [3.8, 4) is 0 Å². The van der Waals surface area contributed by atoms with E-state index >= 15 is 0 Å². The summed E-state index contributed by atoms with van der Waals surface area (Å²) in [6.07, 6.45) is -0.223. The first kappa shape index (κ1) is 20.6. The number of morpholine rings is 1. The molecule has 27 heavy (non-hydrogen) atoms. The maximum absolute atomic E-state index is 12.4. The van der Waals surface area contributed by atoms with Gasteiger partial charge in [-0.3, -0.25) is 14.9 Å². The molecule has 0 aromatic heterocycles. The number of hydrogen-bond acceptors (Lipinski definition) is 8. The van der Waals surface area contributed by atoms with Crippen LogP contribution < -0.4 is 5.32 Å². The van der Waals surface area contributed by atoms with Crippen LogP contribution in [0.25, 0.3) is 0 Å². The predicted molar refractivity (Wildman–Crippen MR) is 95.5 cm³/mol. The second-order valence-corrected chi connectivity index (χ2v) is 6.27. The summed E-state index contributed by atoms with van der Waals surface area (Å²) in [4.78, 5) is 36.6. The van der Waals surface area contributed by atoms with Crippen LogP contribution in [-0.2, 0) is 14.3 Å². The van der Waals surface area contributed by atoms with Gasteiger partial charge in [0.1, 0.15) is 0 Å². The van der Waals surface area contributed by atoms with E-state index in [9.17, 15) is 19.7 Å². The fraction of sp³-hybridized carbons (Fsp3) is 0.529. The van der Waals surface area contributed by atoms with Crippen LogP contribution in [0.2, 0.25) is 0 Å². The highest BCUT2D eigenvalue weighted by Crippen LogP contribution is 2.23. The molecule has 1 aromatic carbocycles. The molecule has 1 fully saturated rings. The molecule has 10 nitrogen and oxygen atoms in total. The fourth-order valence-corrected chi connectivity index (χ4v) is 2.84. The van der Waals surface area contributed by atoms with E-state index in [0.717, 1.165) is 6.07 Å². The van der Waals surface area contributed by atoms with Crippen LogP contribution in [0.5, 0.6) is 0 Å². The molecule has 1 aliphatic heterocycles. The first-order valence-corrected chi connectivity index (χ1v) is 8.55. The number of carbonyl (C=O) groups is 2. The minimum absolute atomic E-state index is 0.0748. The Morgan fingerprint density at radius 3 is 2.63 bits per heavy atom. The molecule has 0 unspecified atom stereocenters. The molecule has 0 saturated carbocycles. The molecule has 148 valence electrons. The van der Waals surface area contributed by atoms with Gasteiger partial charge in [0.25, 0.3) is 11.6 Å². The topological polar surface area (TPSA) is 131 Å². The summed E-state index contributed by atoms with van der Waals surface area (Å²) in [7, 11) is 0. The summed E-state index contributed by atoms with van der Waals surface area (Å²) in [6.45, 7) is 4.01. The van der Waals surface area contributed by atoms with Gasteiger partial charge in [0.2, 0.25) is 0 Å². The lowest BCUT2D eigenvalue weighted by Gasteiger charge is -2.35. The number of nitro groups is 1. The van der Waals surface area contributed by atoms with Crippen LogP contribution in [0.3, 0.4) is 0 Å². The van der Waals surface area contributed by atoms with Gasteiger partial charge in [-0.05, 0) is 19.9 Å². The summed E-state index contributed by atoms with van der Waals surface area (Å²) in [5.74, 6) is -1.22. The zero-order valence-electron chi connectivity index (χ0n) is 15.2. The third-order valence-corrected chi connectivity index (χ3v) is 3.96. The molecule has 0 aliphatic carbocycles. The summed E-state index contributed by atoms with van der Waals surface area (Å²) in [5, 5.41) is 22.7. The molecule has 1 heterocycles. The number of non-ortho nitro benzene ring substituents is 1. The Balaban J connectivity index is 2.06. The third-order valence-electron chi connectivity index (χ3n) is 3.96. The zero-order valence-corrected chi connectivity index (χ0v) is 15.2. The number of ether oxygens (including phenoxy) is 2. The van der Waals surface area contributed by atoms with Crippen LogP contribution in [0, 0.1) is 10.1 Å². The maximum Gasteiger partial charge on any atom is 0.341 e. The zero-order chi connectivity index (χ0) is 20.0. The summed E-state index contributed by atoms with van der Waals surface area (Å²) in [6, 6.07) is 3.67. The Morgan fingerprint density at radius 2 is 2.04 bits per heavy atom. The standard InChI is InChI=1S/C17H23N3O7/c1-11-8-19(9-12(2)27-11)16(22)10-26-17(23)14-7-13(20(24)25)3-4-15(14)18-5-6-21/h3-4,7,11-12,18,21H,5-6,8-10H2,1-2H3/t11-,12-/m0/s1. The fourth-order valence-electron chi connectivity index (χ4n) is 2.84. The number of aliphatic hydroxyl groups is 1. The number of anilines is 1. The molecule has 1 aliphatic rings. The van der Waals surface area contributed by atoms with E-state index in [-0.39, 0.29) is 48.2 Å². The number of hydrogen-bond donors (Lipinski definition) is 2. The average Bonchev–Trinajstić information content (AvgIpc) is 2.63. The quantitative estimate of drug-likeness (QED) is 0.403. The second-order valence-electron chi connectivity index (χ2n) is 6.27. The van der Waals surface area contributed by atoms with Crippen molar-refractivity contribution in [1.29, 1.82) is 0 Å². The number of esters is 1. The molecule has 0 spiro atoms. The molecule has 0 bridgehead atoms. The highest BCUT2D eigenvalue weighted by Gasteiger charge is 2.27. The van der Waals surface area contributed by atoms with Crippen molar-refractivity contribution in [2.45, 2.75) is 26.1 Å². The van der Waals surface area contributed by atoms with Crippen molar-refractivity contribution in [1.82, 2.24) is 4.90 Å². The molecule has 2 atom stereocenters. The van der Waals surface area contributed by atoms with Gasteiger partial charge in [0, 0.05) is 37.5 Å². The lowest BCUT2D eigenvalue weighted by Crippen LogP contribution is -2.49. The Bertz CT molecular complexity index is 700. The van der Waals surface area contributed by atoms with E-state index in [1.807, 2.05) is 13.8 Å². The number of nitrogens with zero attached hydrogens (tertiary/aromatic N) is 2. The smallest absolute Gasteiger partial charge is 0.341 e. The lowest BCUT2D eigenvalue weighted by atomic mass is 10.1. The van der Waals surface area contributed by atoms with Gasteiger partial charge in [-0.15, -0.1) is 0 Å². The SMILES string of the molecule is C[C@H]1CN(C(=O)COC(=O)c2cc([N+](=O)[O-])ccc2NCCO)C[C@H](C)O1. The van der Waals surface area contributed by atoms with Crippen molar-refractivity contribution in [2.24, 2.45) is 0 Å². The van der Waals surface area contributed by atoms with Crippen molar-refractivity contribution in [3.05, 3.63) is 33.9 Å². The van der Waals surface area contributed by atoms with Crippen LogP contribution in [0.4, 0.5) is 11.4 Å². The number of amides is 1. The van der Waals surface area contributed by atoms with E-state index < -0.39 is 17.5 Å². The molecule has 1 aromatic rings. The number of carbonyl (C=O) groups excluding carboxylic acids is 2. The Morgan fingerprint density at radius 1 is 1.37 bits per heavy atom. The first-order valence-electron chi connectivity index (χ1n) is 8.55. The number of rotatable bonds is 7. The Hall–Kier alpha value is -2.72. The molecule has 2 N–H and O–H groups in total. The molecule has 1 amide bonds. The largest absolute Gasteiger partial charge is 0.452 e. The van der Waals surface area contributed by atoms with Gasteiger partial charge in [0.15, 0.2) is 6.61 Å². The number of nitrogens with one attached hydrogen (secondary N) is 1. The van der Waals surface area contributed by atoms with Gasteiger partial charge in [-0.2, -0.15) is 0 Å². The second kappa shape index (κ2) is 9.28. The third kappa shape index (κ3) is 5.63. The molecule has 10 heteroatoms. The van der Waals surface area contributed by atoms with Crippen molar-refractivity contribution < 1.29 is 29.1 Å². The number of nitro benzene ring substituents is 1. The lowest BCUT2D eigenvalue weighted by molar-refractivity contribution is -0.384. The predicted octanol–water partition coefficient (Wildman–Crippen LogP) is 0.792. The van der Waals surface area contributed by atoms with Crippen molar-refractivity contribution in [2.75, 3.05) is 38.2 Å². The number of benzene rings is 1. The van der Waals surface area contributed by atoms with E-state index in [2.05, 4.69) is 5.32 Å². The minimum atomic E-state index is -0.859. The number of aliphatic hydroxyl groups excluding tert-OH is 1. The Labute approximate surface area is 156 Å². The minimum Gasteiger partial charge on any atom is -0.452 e.